The highest BCUT2D eigenvalue weighted by molar-refractivity contribution is 5.57. The van der Waals surface area contributed by atoms with Gasteiger partial charge >= 0.3 is 6.18 Å². The lowest BCUT2D eigenvalue weighted by Gasteiger charge is -2.22. The van der Waals surface area contributed by atoms with Crippen LogP contribution < -0.4 is 9.47 Å². The van der Waals surface area contributed by atoms with Crippen molar-refractivity contribution in [3.05, 3.63) is 48.2 Å². The summed E-state index contributed by atoms with van der Waals surface area (Å²) in [7, 11) is 0. The molecule has 0 radical (unpaired) electrons. The molecule has 1 aromatic carbocycles. The van der Waals surface area contributed by atoms with E-state index in [1.54, 1.807) is 24.3 Å². The molecule has 0 fully saturated rings. The highest BCUT2D eigenvalue weighted by atomic mass is 19.4. The van der Waals surface area contributed by atoms with E-state index < -0.39 is 17.8 Å². The van der Waals surface area contributed by atoms with Crippen LogP contribution >= 0.6 is 0 Å². The van der Waals surface area contributed by atoms with Crippen molar-refractivity contribution in [1.82, 2.24) is 4.98 Å². The maximum absolute atomic E-state index is 12.7. The zero-order valence-electron chi connectivity index (χ0n) is 15.2. The van der Waals surface area contributed by atoms with Crippen LogP contribution in [0.3, 0.4) is 0 Å². The predicted molar refractivity (Wildman–Crippen MR) is 94.9 cm³/mol. The van der Waals surface area contributed by atoms with Gasteiger partial charge < -0.3 is 9.47 Å². The number of hydrogen-bond acceptors (Lipinski definition) is 4. The molecule has 0 N–H and O–H groups in total. The average Bonchev–Trinajstić information content (AvgIpc) is 2.65. The first kappa shape index (κ1) is 20.7. The quantitative estimate of drug-likeness (QED) is 0.526. The topological polar surface area (TPSA) is 48.4 Å². The van der Waals surface area contributed by atoms with Gasteiger partial charge in [-0.05, 0) is 43.2 Å². The molecule has 1 heterocycles. The van der Waals surface area contributed by atoms with E-state index in [1.807, 2.05) is 6.92 Å². The molecule has 27 heavy (non-hydrogen) atoms. The highest BCUT2D eigenvalue weighted by Gasteiger charge is 2.31. The third-order valence-corrected chi connectivity index (χ3v) is 4.16. The van der Waals surface area contributed by atoms with E-state index in [0.717, 1.165) is 43.9 Å². The van der Waals surface area contributed by atoms with Crippen LogP contribution in [0.5, 0.6) is 17.4 Å². The van der Waals surface area contributed by atoms with Crippen molar-refractivity contribution in [3.8, 4) is 17.4 Å². The first-order valence-electron chi connectivity index (χ1n) is 8.80. The molecule has 4 nitrogen and oxygen atoms in total. The Kier molecular flexibility index (Phi) is 7.21. The number of pyridine rings is 1. The molecule has 7 heteroatoms. The number of carbonyl (C=O) groups excluding carboxylic acids is 1. The number of aldehydes is 1. The summed E-state index contributed by atoms with van der Waals surface area (Å²) in [6.45, 7) is 4.07. The largest absolute Gasteiger partial charge is 0.483 e. The van der Waals surface area contributed by atoms with E-state index in [1.165, 1.54) is 0 Å². The molecule has 2 aromatic rings. The van der Waals surface area contributed by atoms with Gasteiger partial charge in [0, 0.05) is 18.2 Å². The monoisotopic (exact) mass is 381 g/mol. The maximum Gasteiger partial charge on any atom is 0.416 e. The van der Waals surface area contributed by atoms with Crippen LogP contribution in [0.25, 0.3) is 0 Å². The lowest BCUT2D eigenvalue weighted by Crippen LogP contribution is -2.28. The summed E-state index contributed by atoms with van der Waals surface area (Å²) in [5.41, 5.74) is -0.831. The summed E-state index contributed by atoms with van der Waals surface area (Å²) in [6.07, 6.45) is -0.460. The molecule has 2 rings (SSSR count). The Morgan fingerprint density at radius 3 is 2.33 bits per heavy atom. The molecule has 1 aromatic heterocycles. The second-order valence-corrected chi connectivity index (χ2v) is 6.13. The van der Waals surface area contributed by atoms with Crippen molar-refractivity contribution >= 4 is 6.29 Å². The molecule has 0 aliphatic rings. The predicted octanol–water partition coefficient (Wildman–Crippen LogP) is 5.67. The number of rotatable bonds is 9. The van der Waals surface area contributed by atoms with Crippen molar-refractivity contribution in [1.29, 1.82) is 0 Å². The molecule has 2 atom stereocenters. The Morgan fingerprint density at radius 1 is 1.11 bits per heavy atom. The van der Waals surface area contributed by atoms with Crippen molar-refractivity contribution < 1.29 is 27.4 Å². The molecule has 2 unspecified atom stereocenters. The first-order chi connectivity index (χ1) is 12.9. The SMILES string of the molecule is CCCC(CC)C(C=O)Oc1ccc(Oc2cc(C(F)(F)F)ccn2)cc1. The number of carbonyl (C=O) groups is 1. The third-order valence-electron chi connectivity index (χ3n) is 4.16. The summed E-state index contributed by atoms with van der Waals surface area (Å²) in [5, 5.41) is 0. The van der Waals surface area contributed by atoms with Crippen molar-refractivity contribution in [2.24, 2.45) is 5.92 Å². The normalized spacial score (nSPS) is 13.7. The number of alkyl halides is 3. The fourth-order valence-corrected chi connectivity index (χ4v) is 2.71. The van der Waals surface area contributed by atoms with Gasteiger partial charge in [-0.15, -0.1) is 0 Å². The molecule has 0 bridgehead atoms. The van der Waals surface area contributed by atoms with Gasteiger partial charge in [-0.3, -0.25) is 4.79 Å². The van der Waals surface area contributed by atoms with Gasteiger partial charge in [-0.25, -0.2) is 4.98 Å². The molecule has 0 aliphatic heterocycles. The van der Waals surface area contributed by atoms with Gasteiger partial charge in [0.1, 0.15) is 11.5 Å². The lowest BCUT2D eigenvalue weighted by atomic mass is 9.95. The van der Waals surface area contributed by atoms with Crippen molar-refractivity contribution in [2.45, 2.75) is 45.4 Å². The Bertz CT molecular complexity index is 732. The molecule has 0 amide bonds. The first-order valence-corrected chi connectivity index (χ1v) is 8.80. The van der Waals surface area contributed by atoms with Gasteiger partial charge in [0.25, 0.3) is 0 Å². The van der Waals surface area contributed by atoms with Crippen LogP contribution in [0.2, 0.25) is 0 Å². The molecular formula is C20H22F3NO3. The minimum atomic E-state index is -4.46. The van der Waals surface area contributed by atoms with Crippen LogP contribution in [0.1, 0.15) is 38.7 Å². The second-order valence-electron chi connectivity index (χ2n) is 6.13. The molecule has 0 spiro atoms. The van der Waals surface area contributed by atoms with E-state index in [-0.39, 0.29) is 11.8 Å². The zero-order chi connectivity index (χ0) is 19.9. The average molecular weight is 381 g/mol. The fourth-order valence-electron chi connectivity index (χ4n) is 2.71. The van der Waals surface area contributed by atoms with Crippen LogP contribution in [0.15, 0.2) is 42.6 Å². The van der Waals surface area contributed by atoms with E-state index in [4.69, 9.17) is 9.47 Å². The highest BCUT2D eigenvalue weighted by Crippen LogP contribution is 2.32. The Labute approximate surface area is 156 Å². The number of benzene rings is 1. The molecule has 0 saturated carbocycles. The second kappa shape index (κ2) is 9.39. The lowest BCUT2D eigenvalue weighted by molar-refractivity contribution is -0.137. The molecular weight excluding hydrogens is 359 g/mol. The van der Waals surface area contributed by atoms with Crippen LogP contribution in [-0.4, -0.2) is 17.4 Å². The number of nitrogens with zero attached hydrogens (tertiary/aromatic N) is 1. The van der Waals surface area contributed by atoms with E-state index >= 15 is 0 Å². The Balaban J connectivity index is 2.06. The Hall–Kier alpha value is -2.57. The van der Waals surface area contributed by atoms with Crippen LogP contribution in [-0.2, 0) is 11.0 Å². The third kappa shape index (κ3) is 5.98. The molecule has 0 aliphatic carbocycles. The standard InChI is InChI=1S/C20H22F3NO3/c1-3-5-14(4-2)18(13-25)26-16-6-8-17(9-7-16)27-19-12-15(10-11-24-19)20(21,22)23/h6-14,18H,3-5H2,1-2H3. The van der Waals surface area contributed by atoms with Gasteiger partial charge in [0.05, 0.1) is 5.56 Å². The van der Waals surface area contributed by atoms with Gasteiger partial charge in [-0.2, -0.15) is 13.2 Å². The van der Waals surface area contributed by atoms with Crippen LogP contribution in [0.4, 0.5) is 13.2 Å². The number of ether oxygens (including phenoxy) is 2. The van der Waals surface area contributed by atoms with Gasteiger partial charge in [0.2, 0.25) is 5.88 Å². The van der Waals surface area contributed by atoms with E-state index in [9.17, 15) is 18.0 Å². The summed E-state index contributed by atoms with van der Waals surface area (Å²) in [6, 6.07) is 8.04. The van der Waals surface area contributed by atoms with Gasteiger partial charge in [0.15, 0.2) is 12.4 Å². The smallest absolute Gasteiger partial charge is 0.416 e. The summed E-state index contributed by atoms with van der Waals surface area (Å²) in [4.78, 5) is 15.1. The van der Waals surface area contributed by atoms with Crippen molar-refractivity contribution in [3.63, 3.8) is 0 Å². The number of aromatic nitrogens is 1. The fraction of sp³-hybridized carbons (Fsp3) is 0.400. The minimum absolute atomic E-state index is 0.137. The van der Waals surface area contributed by atoms with E-state index in [2.05, 4.69) is 11.9 Å². The van der Waals surface area contributed by atoms with Gasteiger partial charge in [-0.1, -0.05) is 20.3 Å². The molecule has 146 valence electrons. The summed E-state index contributed by atoms with van der Waals surface area (Å²) >= 11 is 0. The summed E-state index contributed by atoms with van der Waals surface area (Å²) in [5.74, 6) is 0.791. The molecule has 0 saturated heterocycles. The maximum atomic E-state index is 12.7. The minimum Gasteiger partial charge on any atom is -0.483 e. The van der Waals surface area contributed by atoms with Crippen molar-refractivity contribution in [2.75, 3.05) is 0 Å². The van der Waals surface area contributed by atoms with E-state index in [0.29, 0.717) is 11.5 Å². The number of hydrogen-bond donors (Lipinski definition) is 0. The zero-order valence-corrected chi connectivity index (χ0v) is 15.2. The number of halogens is 3. The van der Waals surface area contributed by atoms with Crippen LogP contribution in [0, 0.1) is 5.92 Å². The summed E-state index contributed by atoms with van der Waals surface area (Å²) < 4.78 is 49.3. The Morgan fingerprint density at radius 2 is 1.78 bits per heavy atom.